The van der Waals surface area contributed by atoms with Crippen LogP contribution in [-0.4, -0.2) is 47.3 Å². The smallest absolute Gasteiger partial charge is 0.339 e. The summed E-state index contributed by atoms with van der Waals surface area (Å²) < 4.78 is 10.7. The van der Waals surface area contributed by atoms with E-state index >= 15 is 0 Å². The van der Waals surface area contributed by atoms with E-state index in [1.165, 1.54) is 7.11 Å². The van der Waals surface area contributed by atoms with Gasteiger partial charge in [-0.2, -0.15) is 0 Å². The van der Waals surface area contributed by atoms with Crippen molar-refractivity contribution >= 4 is 39.9 Å². The Morgan fingerprint density at radius 3 is 2.79 bits per heavy atom. The molecule has 7 nitrogen and oxygen atoms in total. The molecule has 8 heteroatoms. The van der Waals surface area contributed by atoms with Crippen molar-refractivity contribution in [1.29, 1.82) is 0 Å². The number of carbonyl (C=O) groups is 1. The van der Waals surface area contributed by atoms with Crippen LogP contribution in [0.2, 0.25) is 0 Å². The summed E-state index contributed by atoms with van der Waals surface area (Å²) in [5.41, 5.74) is 4.42. The summed E-state index contributed by atoms with van der Waals surface area (Å²) in [6.07, 6.45) is 1.96. The molecule has 0 bridgehead atoms. The van der Waals surface area contributed by atoms with Crippen molar-refractivity contribution in [2.75, 3.05) is 25.6 Å². The number of nitrogens with zero attached hydrogens (tertiary/aromatic N) is 1. The Balaban J connectivity index is 1.64. The molecule has 1 aliphatic heterocycles. The molecular formula is C26H29N3O4S. The number of benzene rings is 2. The zero-order chi connectivity index (χ0) is 24.2. The summed E-state index contributed by atoms with van der Waals surface area (Å²) in [6, 6.07) is 13.1. The van der Waals surface area contributed by atoms with Gasteiger partial charge in [-0.25, -0.2) is 4.79 Å². The Bertz CT molecular complexity index is 1280. The molecule has 0 radical (unpaired) electrons. The van der Waals surface area contributed by atoms with Crippen molar-refractivity contribution in [2.45, 2.75) is 39.3 Å². The van der Waals surface area contributed by atoms with Crippen molar-refractivity contribution in [3.63, 3.8) is 0 Å². The molecule has 1 fully saturated rings. The molecule has 2 N–H and O–H groups in total. The van der Waals surface area contributed by atoms with Gasteiger partial charge in [0.1, 0.15) is 0 Å². The third-order valence-corrected chi connectivity index (χ3v) is 6.40. The first-order valence-corrected chi connectivity index (χ1v) is 11.7. The maximum Gasteiger partial charge on any atom is 0.339 e. The highest BCUT2D eigenvalue weighted by molar-refractivity contribution is 7.80. The second kappa shape index (κ2) is 10.4. The molecule has 1 aromatic heterocycles. The van der Waals surface area contributed by atoms with E-state index in [4.69, 9.17) is 21.7 Å². The van der Waals surface area contributed by atoms with Crippen LogP contribution in [0.5, 0.6) is 0 Å². The standard InChI is InChI=1S/C26H29N3O4S/c1-16-11-17(2)23-18(12-16)13-19(24(30)28-23)14-29(15-20-7-6-10-33-20)26(34)27-22-9-5-4-8-21(22)25(31)32-3/h4-5,8-9,11-13,20H,6-7,10,14-15H2,1-3H3,(H,27,34)(H,28,30). The molecule has 3 aromatic rings. The van der Waals surface area contributed by atoms with Crippen LogP contribution in [0, 0.1) is 13.8 Å². The minimum absolute atomic E-state index is 0.0274. The Labute approximate surface area is 204 Å². The minimum atomic E-state index is -0.451. The highest BCUT2D eigenvalue weighted by Crippen LogP contribution is 2.21. The summed E-state index contributed by atoms with van der Waals surface area (Å²) in [7, 11) is 1.34. The first-order chi connectivity index (χ1) is 16.4. The Kier molecular flexibility index (Phi) is 7.29. The number of carbonyl (C=O) groups excluding carboxylic acids is 1. The van der Waals surface area contributed by atoms with Gasteiger partial charge in [-0.1, -0.05) is 23.8 Å². The minimum Gasteiger partial charge on any atom is -0.465 e. The maximum absolute atomic E-state index is 13.0. The van der Waals surface area contributed by atoms with Gasteiger partial charge in [0.15, 0.2) is 5.11 Å². The van der Waals surface area contributed by atoms with Gasteiger partial charge in [-0.15, -0.1) is 0 Å². The van der Waals surface area contributed by atoms with Gasteiger partial charge in [0, 0.05) is 18.7 Å². The highest BCUT2D eigenvalue weighted by atomic mass is 32.1. The number of hydrogen-bond donors (Lipinski definition) is 2. The van der Waals surface area contributed by atoms with Crippen molar-refractivity contribution in [1.82, 2.24) is 9.88 Å². The van der Waals surface area contributed by atoms with E-state index in [9.17, 15) is 9.59 Å². The van der Waals surface area contributed by atoms with E-state index in [0.29, 0.717) is 35.0 Å². The van der Waals surface area contributed by atoms with E-state index in [-0.39, 0.29) is 11.7 Å². The van der Waals surface area contributed by atoms with Gasteiger partial charge in [-0.3, -0.25) is 4.79 Å². The molecule has 1 atom stereocenters. The summed E-state index contributed by atoms with van der Waals surface area (Å²) in [5, 5.41) is 4.58. The number of anilines is 1. The third kappa shape index (κ3) is 5.29. The second-order valence-corrected chi connectivity index (χ2v) is 9.04. The molecule has 178 valence electrons. The quantitative estimate of drug-likeness (QED) is 0.403. The van der Waals surface area contributed by atoms with Crippen LogP contribution >= 0.6 is 12.2 Å². The van der Waals surface area contributed by atoms with Crippen molar-refractivity contribution in [2.24, 2.45) is 0 Å². The SMILES string of the molecule is COC(=O)c1ccccc1NC(=S)N(Cc1cc2cc(C)cc(C)c2[nH]c1=O)CC1CCCO1. The molecule has 2 aromatic carbocycles. The topological polar surface area (TPSA) is 83.7 Å². The van der Waals surface area contributed by atoms with Crippen LogP contribution < -0.4 is 10.9 Å². The second-order valence-electron chi connectivity index (χ2n) is 8.65. The van der Waals surface area contributed by atoms with Gasteiger partial charge in [0.05, 0.1) is 36.5 Å². The van der Waals surface area contributed by atoms with Gasteiger partial charge < -0.3 is 24.7 Å². The summed E-state index contributed by atoms with van der Waals surface area (Å²) in [6.45, 7) is 5.60. The number of methoxy groups -OCH3 is 1. The number of aromatic nitrogens is 1. The van der Waals surface area contributed by atoms with Crippen LogP contribution in [0.25, 0.3) is 10.9 Å². The molecule has 1 aliphatic rings. The fraction of sp³-hybridized carbons (Fsp3) is 0.346. The molecule has 34 heavy (non-hydrogen) atoms. The number of aryl methyl sites for hydroxylation is 2. The lowest BCUT2D eigenvalue weighted by molar-refractivity contribution is 0.0602. The number of H-pyrrole nitrogens is 1. The number of fused-ring (bicyclic) bond motifs is 1. The molecule has 0 amide bonds. The zero-order valence-corrected chi connectivity index (χ0v) is 20.5. The van der Waals surface area contributed by atoms with Crippen LogP contribution in [0.1, 0.15) is 39.9 Å². The predicted molar refractivity (Wildman–Crippen MR) is 137 cm³/mol. The molecular weight excluding hydrogens is 450 g/mol. The molecule has 0 spiro atoms. The Hall–Kier alpha value is -3.23. The number of para-hydroxylation sites is 1. The molecule has 1 unspecified atom stereocenters. The van der Waals surface area contributed by atoms with Gasteiger partial charge in [-0.05, 0) is 74.1 Å². The zero-order valence-electron chi connectivity index (χ0n) is 19.6. The van der Waals surface area contributed by atoms with Crippen LogP contribution in [0.4, 0.5) is 5.69 Å². The largest absolute Gasteiger partial charge is 0.465 e. The molecule has 0 saturated carbocycles. The lowest BCUT2D eigenvalue weighted by Gasteiger charge is -2.28. The van der Waals surface area contributed by atoms with E-state index in [1.807, 2.05) is 30.9 Å². The lowest BCUT2D eigenvalue weighted by Crippen LogP contribution is -2.40. The van der Waals surface area contributed by atoms with E-state index in [2.05, 4.69) is 22.4 Å². The average molecular weight is 480 g/mol. The number of hydrogen-bond acceptors (Lipinski definition) is 5. The van der Waals surface area contributed by atoms with Crippen LogP contribution in [0.3, 0.4) is 0 Å². The van der Waals surface area contributed by atoms with E-state index in [0.717, 1.165) is 41.5 Å². The normalized spacial score (nSPS) is 15.3. The molecule has 0 aliphatic carbocycles. The number of thiocarbonyl (C=S) groups is 1. The van der Waals surface area contributed by atoms with Crippen molar-refractivity contribution in [3.8, 4) is 0 Å². The first kappa shape index (κ1) is 23.9. The number of pyridine rings is 1. The summed E-state index contributed by atoms with van der Waals surface area (Å²) in [5.74, 6) is -0.451. The van der Waals surface area contributed by atoms with Gasteiger partial charge in [0.2, 0.25) is 0 Å². The van der Waals surface area contributed by atoms with Crippen LogP contribution in [0.15, 0.2) is 47.3 Å². The summed E-state index contributed by atoms with van der Waals surface area (Å²) >= 11 is 5.75. The molecule has 2 heterocycles. The Morgan fingerprint density at radius 2 is 2.06 bits per heavy atom. The Morgan fingerprint density at radius 1 is 1.26 bits per heavy atom. The third-order valence-electron chi connectivity index (χ3n) is 6.04. The predicted octanol–water partition coefficient (Wildman–Crippen LogP) is 4.31. The monoisotopic (exact) mass is 479 g/mol. The summed E-state index contributed by atoms with van der Waals surface area (Å²) in [4.78, 5) is 30.1. The van der Waals surface area contributed by atoms with Gasteiger partial charge >= 0.3 is 5.97 Å². The first-order valence-electron chi connectivity index (χ1n) is 11.3. The van der Waals surface area contributed by atoms with Crippen molar-refractivity contribution < 1.29 is 14.3 Å². The van der Waals surface area contributed by atoms with Crippen molar-refractivity contribution in [3.05, 3.63) is 75.1 Å². The number of nitrogens with one attached hydrogen (secondary N) is 2. The fourth-order valence-corrected chi connectivity index (χ4v) is 4.63. The average Bonchev–Trinajstić information content (AvgIpc) is 3.32. The number of ether oxygens (including phenoxy) is 2. The fourth-order valence-electron chi connectivity index (χ4n) is 4.38. The van der Waals surface area contributed by atoms with Gasteiger partial charge in [0.25, 0.3) is 5.56 Å². The molecule has 4 rings (SSSR count). The highest BCUT2D eigenvalue weighted by Gasteiger charge is 2.23. The number of rotatable bonds is 6. The number of aromatic amines is 1. The molecule has 1 saturated heterocycles. The van der Waals surface area contributed by atoms with E-state index < -0.39 is 5.97 Å². The maximum atomic E-state index is 13.0. The van der Waals surface area contributed by atoms with E-state index in [1.54, 1.807) is 18.2 Å². The van der Waals surface area contributed by atoms with Crippen LogP contribution in [-0.2, 0) is 16.0 Å². The lowest BCUT2D eigenvalue weighted by atomic mass is 10.1. The number of esters is 1.